The predicted molar refractivity (Wildman–Crippen MR) is 127 cm³/mol. The average Bonchev–Trinajstić information content (AvgIpc) is 3.43. The molecule has 178 valence electrons. The second-order valence-corrected chi connectivity index (χ2v) is 10.0. The number of nitrogens with zero attached hydrogens (tertiary/aromatic N) is 4. The first-order valence-electron chi connectivity index (χ1n) is 10.7. The molecule has 0 fully saturated rings. The Hall–Kier alpha value is -3.66. The van der Waals surface area contributed by atoms with Gasteiger partial charge in [0.25, 0.3) is 0 Å². The van der Waals surface area contributed by atoms with Crippen molar-refractivity contribution in [3.05, 3.63) is 71.5 Å². The van der Waals surface area contributed by atoms with Gasteiger partial charge in [0.1, 0.15) is 28.7 Å². The van der Waals surface area contributed by atoms with Crippen LogP contribution in [-0.2, 0) is 22.0 Å². The molecule has 34 heavy (non-hydrogen) atoms. The number of benzene rings is 1. The van der Waals surface area contributed by atoms with E-state index in [2.05, 4.69) is 15.2 Å². The highest BCUT2D eigenvalue weighted by molar-refractivity contribution is 7.90. The fourth-order valence-electron chi connectivity index (χ4n) is 3.59. The van der Waals surface area contributed by atoms with Gasteiger partial charge in [-0.3, -0.25) is 9.55 Å². The van der Waals surface area contributed by atoms with Gasteiger partial charge in [0.05, 0.1) is 20.0 Å². The zero-order chi connectivity index (χ0) is 24.3. The van der Waals surface area contributed by atoms with Gasteiger partial charge >= 0.3 is 0 Å². The van der Waals surface area contributed by atoms with E-state index >= 15 is 0 Å². The summed E-state index contributed by atoms with van der Waals surface area (Å²) in [4.78, 5) is 4.30. The predicted octanol–water partition coefficient (Wildman–Crippen LogP) is 3.71. The average molecular weight is 483 g/mol. The normalized spacial score (nSPS) is 11.5. The lowest BCUT2D eigenvalue weighted by molar-refractivity contribution is 0.390. The molecule has 0 aliphatic rings. The monoisotopic (exact) mass is 482 g/mol. The number of furan rings is 1. The number of ether oxygens (including phenoxy) is 2. The molecule has 4 aromatic rings. The summed E-state index contributed by atoms with van der Waals surface area (Å²) in [5.74, 6) is 2.27. The summed E-state index contributed by atoms with van der Waals surface area (Å²) in [6, 6.07) is 12.6. The van der Waals surface area contributed by atoms with E-state index in [9.17, 15) is 8.42 Å². The van der Waals surface area contributed by atoms with Gasteiger partial charge in [-0.2, -0.15) is 0 Å². The van der Waals surface area contributed by atoms with Crippen LogP contribution in [0.1, 0.15) is 22.8 Å². The highest BCUT2D eigenvalue weighted by atomic mass is 32.2. The molecule has 0 spiro atoms. The molecule has 0 aliphatic heterocycles. The number of hydrogen-bond donors (Lipinski definition) is 0. The molecule has 4 rings (SSSR count). The minimum Gasteiger partial charge on any atom is -0.494 e. The minimum atomic E-state index is -3.55. The number of aryl methyl sites for hydroxylation is 3. The fourth-order valence-corrected chi connectivity index (χ4v) is 4.83. The van der Waals surface area contributed by atoms with Crippen LogP contribution in [0.3, 0.4) is 0 Å². The Kier molecular flexibility index (Phi) is 6.69. The molecule has 0 aliphatic carbocycles. The molecule has 0 saturated carbocycles. The number of methoxy groups -OCH3 is 2. The third kappa shape index (κ3) is 4.96. The Labute approximate surface area is 198 Å². The van der Waals surface area contributed by atoms with Gasteiger partial charge < -0.3 is 13.9 Å². The topological polar surface area (TPSA) is 109 Å². The zero-order valence-electron chi connectivity index (χ0n) is 19.5. The lowest BCUT2D eigenvalue weighted by atomic mass is 10.2. The maximum atomic E-state index is 13.1. The molecule has 0 radical (unpaired) electrons. The lowest BCUT2D eigenvalue weighted by Gasteiger charge is -2.16. The van der Waals surface area contributed by atoms with Crippen LogP contribution in [0.15, 0.2) is 53.1 Å². The van der Waals surface area contributed by atoms with Crippen LogP contribution >= 0.6 is 0 Å². The Balaban J connectivity index is 1.75. The number of hydrogen-bond acceptors (Lipinski definition) is 8. The SMILES string of the molecule is COc1cccc(OC)c1-n1c(CS(=O)(=O)CCc2ccc(C)cn2)nnc1-c1ccc(C)o1. The van der Waals surface area contributed by atoms with Gasteiger partial charge in [-0.25, -0.2) is 8.42 Å². The quantitative estimate of drug-likeness (QED) is 0.355. The molecule has 0 unspecified atom stereocenters. The van der Waals surface area contributed by atoms with Crippen molar-refractivity contribution in [1.29, 1.82) is 0 Å². The van der Waals surface area contributed by atoms with E-state index in [1.807, 2.05) is 26.0 Å². The van der Waals surface area contributed by atoms with E-state index in [1.165, 1.54) is 14.2 Å². The maximum Gasteiger partial charge on any atom is 0.204 e. The van der Waals surface area contributed by atoms with Crippen LogP contribution in [0.2, 0.25) is 0 Å². The molecule has 0 N–H and O–H groups in total. The molecule has 0 atom stereocenters. The van der Waals surface area contributed by atoms with Crippen molar-refractivity contribution in [3.8, 4) is 28.8 Å². The van der Waals surface area contributed by atoms with Crippen LogP contribution < -0.4 is 9.47 Å². The van der Waals surface area contributed by atoms with Gasteiger partial charge in [0.2, 0.25) is 5.82 Å². The number of sulfone groups is 1. The van der Waals surface area contributed by atoms with E-state index < -0.39 is 9.84 Å². The van der Waals surface area contributed by atoms with E-state index in [0.29, 0.717) is 46.6 Å². The highest BCUT2D eigenvalue weighted by Crippen LogP contribution is 2.37. The molecule has 0 bridgehead atoms. The van der Waals surface area contributed by atoms with Gasteiger partial charge in [0.15, 0.2) is 21.4 Å². The van der Waals surface area contributed by atoms with Gasteiger partial charge in [0, 0.05) is 18.3 Å². The van der Waals surface area contributed by atoms with Crippen molar-refractivity contribution < 1.29 is 22.3 Å². The van der Waals surface area contributed by atoms with Crippen molar-refractivity contribution >= 4 is 9.84 Å². The number of aromatic nitrogens is 4. The van der Waals surface area contributed by atoms with Crippen LogP contribution in [0.5, 0.6) is 11.5 Å². The molecule has 1 aromatic carbocycles. The largest absolute Gasteiger partial charge is 0.494 e. The standard InChI is InChI=1S/C24H26N4O5S/c1-16-8-10-18(25-14-16)12-13-34(29,30)15-22-26-27-24(21-11-9-17(2)33-21)28(22)23-19(31-3)6-5-7-20(23)32-4/h5-11,14H,12-13,15H2,1-4H3. The van der Waals surface area contributed by atoms with E-state index in [4.69, 9.17) is 13.9 Å². The summed E-state index contributed by atoms with van der Waals surface area (Å²) in [7, 11) is -0.488. The molecule has 3 heterocycles. The van der Waals surface area contributed by atoms with Crippen LogP contribution in [0.4, 0.5) is 0 Å². The molecule has 10 heteroatoms. The van der Waals surface area contributed by atoms with Crippen molar-refractivity contribution in [2.24, 2.45) is 0 Å². The zero-order valence-corrected chi connectivity index (χ0v) is 20.3. The summed E-state index contributed by atoms with van der Waals surface area (Å²) < 4.78 is 44.7. The minimum absolute atomic E-state index is 0.0752. The van der Waals surface area contributed by atoms with Gasteiger partial charge in [-0.05, 0) is 49.7 Å². The maximum absolute atomic E-state index is 13.1. The Morgan fingerprint density at radius 2 is 1.71 bits per heavy atom. The summed E-state index contributed by atoms with van der Waals surface area (Å²) in [6.45, 7) is 3.75. The van der Waals surface area contributed by atoms with Crippen LogP contribution in [-0.4, -0.2) is 48.1 Å². The summed E-state index contributed by atoms with van der Waals surface area (Å²) in [5.41, 5.74) is 2.23. The first-order chi connectivity index (χ1) is 16.3. The summed E-state index contributed by atoms with van der Waals surface area (Å²) >= 11 is 0. The van der Waals surface area contributed by atoms with E-state index in [0.717, 1.165) is 5.56 Å². The lowest BCUT2D eigenvalue weighted by Crippen LogP contribution is -2.16. The fraction of sp³-hybridized carbons (Fsp3) is 0.292. The van der Waals surface area contributed by atoms with Crippen molar-refractivity contribution in [2.45, 2.75) is 26.0 Å². The van der Waals surface area contributed by atoms with Crippen LogP contribution in [0.25, 0.3) is 17.3 Å². The highest BCUT2D eigenvalue weighted by Gasteiger charge is 2.26. The molecular formula is C24H26N4O5S. The third-order valence-electron chi connectivity index (χ3n) is 5.31. The Morgan fingerprint density at radius 1 is 0.971 bits per heavy atom. The van der Waals surface area contributed by atoms with Gasteiger partial charge in [-0.1, -0.05) is 12.1 Å². The van der Waals surface area contributed by atoms with E-state index in [-0.39, 0.29) is 17.3 Å². The van der Waals surface area contributed by atoms with Crippen LogP contribution in [0, 0.1) is 13.8 Å². The number of rotatable bonds is 9. The van der Waals surface area contributed by atoms with Gasteiger partial charge in [-0.15, -0.1) is 10.2 Å². The number of pyridine rings is 1. The van der Waals surface area contributed by atoms with Crippen molar-refractivity contribution in [3.63, 3.8) is 0 Å². The smallest absolute Gasteiger partial charge is 0.204 e. The Morgan fingerprint density at radius 3 is 2.29 bits per heavy atom. The summed E-state index contributed by atoms with van der Waals surface area (Å²) in [6.07, 6.45) is 2.03. The number of para-hydroxylation sites is 1. The first kappa shape index (κ1) is 23.5. The third-order valence-corrected chi connectivity index (χ3v) is 6.83. The molecule has 0 amide bonds. The molecular weight excluding hydrogens is 456 g/mol. The van der Waals surface area contributed by atoms with Crippen molar-refractivity contribution in [2.75, 3.05) is 20.0 Å². The van der Waals surface area contributed by atoms with E-state index in [1.54, 1.807) is 41.1 Å². The van der Waals surface area contributed by atoms with Crippen molar-refractivity contribution in [1.82, 2.24) is 19.7 Å². The summed E-state index contributed by atoms with van der Waals surface area (Å²) in [5, 5.41) is 8.50. The molecule has 0 saturated heterocycles. The Bertz CT molecular complexity index is 1370. The first-order valence-corrected chi connectivity index (χ1v) is 12.5. The molecule has 3 aromatic heterocycles. The second kappa shape index (κ2) is 9.68. The second-order valence-electron chi connectivity index (χ2n) is 7.87. The molecule has 9 nitrogen and oxygen atoms in total.